The topological polar surface area (TPSA) is 64.3 Å². The van der Waals surface area contributed by atoms with E-state index in [0.29, 0.717) is 17.7 Å². The molecular weight excluding hydrogens is 252 g/mol. The number of benzene rings is 1. The minimum absolute atomic E-state index is 0.00246. The van der Waals surface area contributed by atoms with Crippen LogP contribution in [0.4, 0.5) is 0 Å². The number of hydrogen-bond acceptors (Lipinski definition) is 3. The van der Waals surface area contributed by atoms with Gasteiger partial charge in [0.15, 0.2) is 0 Å². The molecule has 2 unspecified atom stereocenters. The standard InChI is InChI=1S/C16H20N2O2/c1-11-8-13(9-17)5-6-15(11)16(20)18-7-3-4-14(10-18)12(2)19/h5-6,8,12,14,19H,3-4,7,10H2,1-2H3. The molecule has 2 rings (SSSR count). The summed E-state index contributed by atoms with van der Waals surface area (Å²) in [5.41, 5.74) is 2.04. The van der Waals surface area contributed by atoms with E-state index in [1.54, 1.807) is 25.1 Å². The highest BCUT2D eigenvalue weighted by atomic mass is 16.3. The van der Waals surface area contributed by atoms with Crippen LogP contribution in [-0.4, -0.2) is 35.1 Å². The Hall–Kier alpha value is -1.86. The SMILES string of the molecule is Cc1cc(C#N)ccc1C(=O)N1CCCC(C(C)O)C1. The lowest BCUT2D eigenvalue weighted by atomic mass is 9.92. The largest absolute Gasteiger partial charge is 0.393 e. The normalized spacial score (nSPS) is 20.3. The van der Waals surface area contributed by atoms with Gasteiger partial charge < -0.3 is 10.0 Å². The molecule has 0 saturated carbocycles. The number of carbonyl (C=O) groups is 1. The quantitative estimate of drug-likeness (QED) is 0.896. The highest BCUT2D eigenvalue weighted by Crippen LogP contribution is 2.22. The van der Waals surface area contributed by atoms with Gasteiger partial charge in [-0.1, -0.05) is 0 Å². The first kappa shape index (κ1) is 14.5. The van der Waals surface area contributed by atoms with Crippen LogP contribution in [-0.2, 0) is 0 Å². The third kappa shape index (κ3) is 3.00. The Balaban J connectivity index is 2.17. The third-order valence-electron chi connectivity index (χ3n) is 4.01. The van der Waals surface area contributed by atoms with Crippen LogP contribution >= 0.6 is 0 Å². The van der Waals surface area contributed by atoms with Crippen molar-refractivity contribution in [1.29, 1.82) is 5.26 Å². The molecule has 0 aromatic heterocycles. The van der Waals surface area contributed by atoms with Crippen LogP contribution in [0.5, 0.6) is 0 Å². The lowest BCUT2D eigenvalue weighted by Crippen LogP contribution is -2.43. The number of rotatable bonds is 2. The second-order valence-electron chi connectivity index (χ2n) is 5.54. The summed E-state index contributed by atoms with van der Waals surface area (Å²) in [7, 11) is 0. The molecule has 4 heteroatoms. The fourth-order valence-electron chi connectivity index (χ4n) is 2.73. The van der Waals surface area contributed by atoms with Crippen molar-refractivity contribution in [2.75, 3.05) is 13.1 Å². The van der Waals surface area contributed by atoms with Crippen molar-refractivity contribution < 1.29 is 9.90 Å². The van der Waals surface area contributed by atoms with E-state index >= 15 is 0 Å². The summed E-state index contributed by atoms with van der Waals surface area (Å²) in [5.74, 6) is 0.156. The smallest absolute Gasteiger partial charge is 0.254 e. The Morgan fingerprint density at radius 1 is 1.55 bits per heavy atom. The average molecular weight is 272 g/mol. The van der Waals surface area contributed by atoms with Gasteiger partial charge in [-0.05, 0) is 50.5 Å². The van der Waals surface area contributed by atoms with Crippen LogP contribution in [0.15, 0.2) is 18.2 Å². The van der Waals surface area contributed by atoms with Crippen LogP contribution in [0, 0.1) is 24.2 Å². The lowest BCUT2D eigenvalue weighted by Gasteiger charge is -2.34. The predicted octanol–water partition coefficient (Wildman–Crippen LogP) is 2.10. The van der Waals surface area contributed by atoms with Crippen molar-refractivity contribution in [3.8, 4) is 6.07 Å². The van der Waals surface area contributed by atoms with Crippen LogP contribution in [0.2, 0.25) is 0 Å². The van der Waals surface area contributed by atoms with Gasteiger partial charge in [-0.25, -0.2) is 0 Å². The van der Waals surface area contributed by atoms with Gasteiger partial charge in [0.1, 0.15) is 0 Å². The van der Waals surface area contributed by atoms with Crippen LogP contribution < -0.4 is 0 Å². The van der Waals surface area contributed by atoms with Crippen molar-refractivity contribution in [3.05, 3.63) is 34.9 Å². The summed E-state index contributed by atoms with van der Waals surface area (Å²) in [4.78, 5) is 14.4. The van der Waals surface area contributed by atoms with Crippen LogP contribution in [0.3, 0.4) is 0 Å². The Morgan fingerprint density at radius 3 is 2.90 bits per heavy atom. The monoisotopic (exact) mass is 272 g/mol. The number of aliphatic hydroxyl groups excluding tert-OH is 1. The van der Waals surface area contributed by atoms with Crippen molar-refractivity contribution >= 4 is 5.91 Å². The molecule has 1 saturated heterocycles. The summed E-state index contributed by atoms with van der Waals surface area (Å²) < 4.78 is 0. The van der Waals surface area contributed by atoms with E-state index in [4.69, 9.17) is 5.26 Å². The van der Waals surface area contributed by atoms with E-state index in [2.05, 4.69) is 6.07 Å². The van der Waals surface area contributed by atoms with Crippen LogP contribution in [0.25, 0.3) is 0 Å². The molecule has 1 N–H and O–H groups in total. The molecule has 0 aliphatic carbocycles. The first-order valence-corrected chi connectivity index (χ1v) is 7.01. The first-order valence-electron chi connectivity index (χ1n) is 7.01. The zero-order chi connectivity index (χ0) is 14.7. The molecule has 0 spiro atoms. The zero-order valence-corrected chi connectivity index (χ0v) is 12.0. The van der Waals surface area contributed by atoms with E-state index in [0.717, 1.165) is 24.9 Å². The molecular formula is C16H20N2O2. The van der Waals surface area contributed by atoms with E-state index in [1.807, 2.05) is 11.8 Å². The Bertz CT molecular complexity index is 546. The molecule has 0 radical (unpaired) electrons. The molecule has 20 heavy (non-hydrogen) atoms. The maximum atomic E-state index is 12.5. The van der Waals surface area contributed by atoms with E-state index in [-0.39, 0.29) is 17.9 Å². The molecule has 4 nitrogen and oxygen atoms in total. The molecule has 1 aliphatic heterocycles. The average Bonchev–Trinajstić information content (AvgIpc) is 2.46. The highest BCUT2D eigenvalue weighted by Gasteiger charge is 2.27. The van der Waals surface area contributed by atoms with Gasteiger partial charge in [0, 0.05) is 24.6 Å². The van der Waals surface area contributed by atoms with Gasteiger partial charge in [-0.15, -0.1) is 0 Å². The third-order valence-corrected chi connectivity index (χ3v) is 4.01. The summed E-state index contributed by atoms with van der Waals surface area (Å²) in [6.07, 6.45) is 1.51. The molecule has 1 aromatic carbocycles. The summed E-state index contributed by atoms with van der Waals surface area (Å²) in [6, 6.07) is 7.22. The number of carbonyl (C=O) groups excluding carboxylic acids is 1. The van der Waals surface area contributed by atoms with Crippen LogP contribution in [0.1, 0.15) is 41.3 Å². The number of aliphatic hydroxyl groups is 1. The Kier molecular flexibility index (Phi) is 4.41. The second-order valence-corrected chi connectivity index (χ2v) is 5.54. The maximum Gasteiger partial charge on any atom is 0.254 e. The van der Waals surface area contributed by atoms with Crippen molar-refractivity contribution in [1.82, 2.24) is 4.90 Å². The molecule has 2 atom stereocenters. The number of nitrogens with zero attached hydrogens (tertiary/aromatic N) is 2. The predicted molar refractivity (Wildman–Crippen MR) is 76.2 cm³/mol. The van der Waals surface area contributed by atoms with Gasteiger partial charge in [0.05, 0.1) is 17.7 Å². The fourth-order valence-corrected chi connectivity index (χ4v) is 2.73. The number of likely N-dealkylation sites (tertiary alicyclic amines) is 1. The molecule has 1 fully saturated rings. The zero-order valence-electron chi connectivity index (χ0n) is 12.0. The number of aryl methyl sites for hydroxylation is 1. The summed E-state index contributed by atoms with van der Waals surface area (Å²) in [5, 5.41) is 18.6. The number of nitriles is 1. The molecule has 106 valence electrons. The van der Waals surface area contributed by atoms with Gasteiger partial charge in [0.2, 0.25) is 0 Å². The minimum Gasteiger partial charge on any atom is -0.393 e. The van der Waals surface area contributed by atoms with Crippen molar-refractivity contribution in [3.63, 3.8) is 0 Å². The van der Waals surface area contributed by atoms with Crippen molar-refractivity contribution in [2.24, 2.45) is 5.92 Å². The van der Waals surface area contributed by atoms with Crippen molar-refractivity contribution in [2.45, 2.75) is 32.8 Å². The van der Waals surface area contributed by atoms with E-state index < -0.39 is 0 Å². The molecule has 1 amide bonds. The Labute approximate surface area is 119 Å². The maximum absolute atomic E-state index is 12.5. The number of amides is 1. The first-order chi connectivity index (χ1) is 9.52. The number of hydrogen-bond donors (Lipinski definition) is 1. The minimum atomic E-state index is -0.382. The second kappa shape index (κ2) is 6.06. The van der Waals surface area contributed by atoms with Gasteiger partial charge >= 0.3 is 0 Å². The fraction of sp³-hybridized carbons (Fsp3) is 0.500. The molecule has 1 aromatic rings. The van der Waals surface area contributed by atoms with E-state index in [9.17, 15) is 9.90 Å². The van der Waals surface area contributed by atoms with E-state index in [1.165, 1.54) is 0 Å². The van der Waals surface area contributed by atoms with Gasteiger partial charge in [-0.3, -0.25) is 4.79 Å². The molecule has 1 heterocycles. The van der Waals surface area contributed by atoms with Gasteiger partial charge in [0.25, 0.3) is 5.91 Å². The molecule has 0 bridgehead atoms. The lowest BCUT2D eigenvalue weighted by molar-refractivity contribution is 0.0465. The number of piperidine rings is 1. The summed E-state index contributed by atoms with van der Waals surface area (Å²) >= 11 is 0. The highest BCUT2D eigenvalue weighted by molar-refractivity contribution is 5.95. The van der Waals surface area contributed by atoms with Gasteiger partial charge in [-0.2, -0.15) is 5.26 Å². The molecule has 1 aliphatic rings. The summed E-state index contributed by atoms with van der Waals surface area (Å²) in [6.45, 7) is 4.98. The Morgan fingerprint density at radius 2 is 2.30 bits per heavy atom.